The van der Waals surface area contributed by atoms with Crippen LogP contribution in [-0.4, -0.2) is 30.2 Å². The third-order valence-corrected chi connectivity index (χ3v) is 9.88. The quantitative estimate of drug-likeness (QED) is 0.176. The van der Waals surface area contributed by atoms with Gasteiger partial charge >= 0.3 is 5.97 Å². The first-order chi connectivity index (χ1) is 21.3. The Labute approximate surface area is 255 Å². The summed E-state index contributed by atoms with van der Waals surface area (Å²) >= 11 is 0. The predicted molar refractivity (Wildman–Crippen MR) is 164 cm³/mol. The van der Waals surface area contributed by atoms with Crippen LogP contribution in [0, 0.1) is 31.6 Å². The van der Waals surface area contributed by atoms with Gasteiger partial charge in [0.05, 0.1) is 23.4 Å². The van der Waals surface area contributed by atoms with E-state index >= 15 is 0 Å². The van der Waals surface area contributed by atoms with Gasteiger partial charge in [-0.2, -0.15) is 0 Å². The summed E-state index contributed by atoms with van der Waals surface area (Å²) < 4.78 is 5.72. The fraction of sp³-hybridized carbons (Fsp3) is 0.243. The molecule has 3 atom stereocenters. The zero-order chi connectivity index (χ0) is 30.3. The second-order valence-corrected chi connectivity index (χ2v) is 12.4. The molecule has 0 aromatic heterocycles. The van der Waals surface area contributed by atoms with Crippen molar-refractivity contribution in [3.63, 3.8) is 0 Å². The van der Waals surface area contributed by atoms with Gasteiger partial charge in [-0.15, -0.1) is 0 Å². The van der Waals surface area contributed by atoms with Crippen LogP contribution < -0.4 is 14.5 Å². The summed E-state index contributed by atoms with van der Waals surface area (Å²) in [5, 5.41) is 0. The maximum absolute atomic E-state index is 14.1. The number of esters is 1. The van der Waals surface area contributed by atoms with Crippen molar-refractivity contribution >= 4 is 35.1 Å². The summed E-state index contributed by atoms with van der Waals surface area (Å²) in [7, 11) is 0. The summed E-state index contributed by atoms with van der Waals surface area (Å²) in [6.07, 6.45) is 0.0798. The molecule has 9 rings (SSSR count). The predicted octanol–water partition coefficient (Wildman–Crippen LogP) is 5.66. The fourth-order valence-electron chi connectivity index (χ4n) is 7.90. The lowest BCUT2D eigenvalue weighted by atomic mass is 9.55. The molecule has 4 aromatic carbocycles. The highest BCUT2D eigenvalue weighted by atomic mass is 16.5. The first-order valence-corrected chi connectivity index (χ1v) is 15.1. The molecule has 0 N–H and O–H groups in total. The van der Waals surface area contributed by atoms with E-state index in [1.807, 2.05) is 62.4 Å². The summed E-state index contributed by atoms with van der Waals surface area (Å²) in [6, 6.07) is 29.0. The van der Waals surface area contributed by atoms with Crippen molar-refractivity contribution in [2.75, 3.05) is 16.3 Å². The first kappa shape index (κ1) is 26.6. The SMILES string of the molecule is Cc1ccc(N2C[C@@H](C(=O)Oc3ccc(N4C(=O)[C@@H]5C6c7ccccc7C(c7ccccc76)[C@@H]5C4=O)c(C)c3)CC2=O)cc1. The summed E-state index contributed by atoms with van der Waals surface area (Å²) in [5.74, 6) is -2.53. The van der Waals surface area contributed by atoms with Crippen molar-refractivity contribution in [2.45, 2.75) is 32.1 Å². The minimum absolute atomic E-state index is 0.0798. The van der Waals surface area contributed by atoms with Crippen molar-refractivity contribution in [2.24, 2.45) is 17.8 Å². The molecule has 218 valence electrons. The molecular weight excluding hydrogens is 552 g/mol. The third kappa shape index (κ3) is 3.81. The number of imide groups is 1. The van der Waals surface area contributed by atoms with Crippen molar-refractivity contribution in [1.29, 1.82) is 0 Å². The molecule has 2 fully saturated rings. The van der Waals surface area contributed by atoms with Crippen LogP contribution in [0.25, 0.3) is 0 Å². The number of carbonyl (C=O) groups excluding carboxylic acids is 4. The van der Waals surface area contributed by atoms with Gasteiger partial charge in [0.2, 0.25) is 17.7 Å². The number of carbonyl (C=O) groups is 4. The molecule has 4 aromatic rings. The summed E-state index contributed by atoms with van der Waals surface area (Å²) in [6.45, 7) is 4.05. The number of nitrogens with zero attached hydrogens (tertiary/aromatic N) is 2. The average molecular weight is 583 g/mol. The largest absolute Gasteiger partial charge is 0.426 e. The second-order valence-electron chi connectivity index (χ2n) is 12.4. The maximum atomic E-state index is 14.1. The number of hydrogen-bond donors (Lipinski definition) is 0. The molecule has 2 heterocycles. The van der Waals surface area contributed by atoms with Gasteiger partial charge < -0.3 is 9.64 Å². The van der Waals surface area contributed by atoms with Crippen molar-refractivity contribution in [3.05, 3.63) is 124 Å². The number of hydrogen-bond acceptors (Lipinski definition) is 5. The highest BCUT2D eigenvalue weighted by Gasteiger charge is 2.61. The zero-order valence-electron chi connectivity index (χ0n) is 24.4. The lowest BCUT2D eigenvalue weighted by Gasteiger charge is -2.45. The molecule has 7 nitrogen and oxygen atoms in total. The van der Waals surface area contributed by atoms with Gasteiger partial charge in [0.15, 0.2) is 0 Å². The van der Waals surface area contributed by atoms with Gasteiger partial charge in [-0.1, -0.05) is 66.2 Å². The number of anilines is 2. The Bertz CT molecular complexity index is 1780. The highest BCUT2D eigenvalue weighted by molar-refractivity contribution is 6.23. The van der Waals surface area contributed by atoms with Crippen LogP contribution in [0.15, 0.2) is 91.0 Å². The number of ether oxygens (including phenoxy) is 1. The van der Waals surface area contributed by atoms with Gasteiger partial charge in [0.25, 0.3) is 0 Å². The molecule has 5 aliphatic rings. The van der Waals surface area contributed by atoms with Crippen LogP contribution in [0.3, 0.4) is 0 Å². The lowest BCUT2D eigenvalue weighted by Crippen LogP contribution is -2.41. The molecule has 2 bridgehead atoms. The number of amides is 3. The Morgan fingerprint density at radius 1 is 0.727 bits per heavy atom. The van der Waals surface area contributed by atoms with E-state index in [0.29, 0.717) is 17.0 Å². The van der Waals surface area contributed by atoms with E-state index in [4.69, 9.17) is 4.74 Å². The molecule has 3 amide bonds. The van der Waals surface area contributed by atoms with E-state index in [2.05, 4.69) is 24.3 Å². The van der Waals surface area contributed by atoms with E-state index in [0.717, 1.165) is 33.5 Å². The molecule has 2 saturated heterocycles. The molecule has 0 saturated carbocycles. The van der Waals surface area contributed by atoms with Crippen molar-refractivity contribution in [1.82, 2.24) is 0 Å². The number of rotatable bonds is 4. The van der Waals surface area contributed by atoms with E-state index < -0.39 is 23.7 Å². The Morgan fingerprint density at radius 3 is 1.80 bits per heavy atom. The molecule has 3 aliphatic carbocycles. The highest BCUT2D eigenvalue weighted by Crippen LogP contribution is 2.61. The normalized spacial score (nSPS) is 24.8. The van der Waals surface area contributed by atoms with E-state index in [1.54, 1.807) is 23.1 Å². The summed E-state index contributed by atoms with van der Waals surface area (Å²) in [4.78, 5) is 57.0. The molecular formula is C37H30N2O5. The number of aryl methyl sites for hydroxylation is 2. The van der Waals surface area contributed by atoms with Crippen LogP contribution in [0.2, 0.25) is 0 Å². The average Bonchev–Trinajstić information content (AvgIpc) is 3.55. The van der Waals surface area contributed by atoms with Gasteiger partial charge in [0, 0.05) is 30.5 Å². The van der Waals surface area contributed by atoms with Gasteiger partial charge in [-0.3, -0.25) is 19.2 Å². The lowest BCUT2D eigenvalue weighted by molar-refractivity contribution is -0.139. The third-order valence-electron chi connectivity index (χ3n) is 9.88. The fourth-order valence-corrected chi connectivity index (χ4v) is 7.90. The van der Waals surface area contributed by atoms with Crippen LogP contribution >= 0.6 is 0 Å². The maximum Gasteiger partial charge on any atom is 0.316 e. The number of benzene rings is 4. The van der Waals surface area contributed by atoms with Crippen molar-refractivity contribution < 1.29 is 23.9 Å². The molecule has 2 aliphatic heterocycles. The van der Waals surface area contributed by atoms with Gasteiger partial charge in [-0.05, 0) is 72.0 Å². The topological polar surface area (TPSA) is 84.0 Å². The minimum atomic E-state index is -0.590. The Hall–Kier alpha value is -5.04. The van der Waals surface area contributed by atoms with Crippen LogP contribution in [0.5, 0.6) is 5.75 Å². The monoisotopic (exact) mass is 582 g/mol. The Morgan fingerprint density at radius 2 is 1.27 bits per heavy atom. The Balaban J connectivity index is 1.04. The standard InChI is InChI=1S/C37H30N2O5/c1-20-11-13-23(14-12-20)38-19-22(18-30(38)40)37(43)44-24-15-16-29(21(2)17-24)39-35(41)33-31-25-7-3-4-8-26(25)32(34(33)36(39)42)28-10-6-5-9-27(28)31/h3-17,22,31-34H,18-19H2,1-2H3/t22-,31?,32?,33-,34+/m0/s1. The van der Waals surface area contributed by atoms with Crippen LogP contribution in [-0.2, 0) is 19.2 Å². The zero-order valence-corrected chi connectivity index (χ0v) is 24.4. The van der Waals surface area contributed by atoms with Crippen molar-refractivity contribution in [3.8, 4) is 5.75 Å². The van der Waals surface area contributed by atoms with Crippen LogP contribution in [0.1, 0.15) is 51.6 Å². The van der Waals surface area contributed by atoms with Gasteiger partial charge in [-0.25, -0.2) is 4.90 Å². The molecule has 7 heteroatoms. The molecule has 0 spiro atoms. The second kappa shape index (κ2) is 9.74. The van der Waals surface area contributed by atoms with Crippen LogP contribution in [0.4, 0.5) is 11.4 Å². The van der Waals surface area contributed by atoms with E-state index in [9.17, 15) is 19.2 Å². The summed E-state index contributed by atoms with van der Waals surface area (Å²) in [5.41, 5.74) is 7.53. The Kier molecular flexibility index (Phi) is 5.88. The molecule has 44 heavy (non-hydrogen) atoms. The van der Waals surface area contributed by atoms with E-state index in [-0.39, 0.29) is 42.5 Å². The smallest absolute Gasteiger partial charge is 0.316 e. The first-order valence-electron chi connectivity index (χ1n) is 15.1. The minimum Gasteiger partial charge on any atom is -0.426 e. The van der Waals surface area contributed by atoms with E-state index in [1.165, 1.54) is 4.90 Å². The van der Waals surface area contributed by atoms with Gasteiger partial charge in [0.1, 0.15) is 5.75 Å². The molecule has 0 radical (unpaired) electrons. The molecule has 0 unspecified atom stereocenters.